The smallest absolute Gasteiger partial charge is 0.251 e. The number of fused-ring (bicyclic) bond motifs is 1. The number of unbranched alkanes of at least 4 members (excludes halogenated alkanes) is 1. The quantitative estimate of drug-likeness (QED) is 0.151. The van der Waals surface area contributed by atoms with Gasteiger partial charge in [0.1, 0.15) is 5.82 Å². The third kappa shape index (κ3) is 6.60. The second-order valence-electron chi connectivity index (χ2n) is 8.85. The Morgan fingerprint density at radius 1 is 1.11 bits per heavy atom. The number of amides is 1. The van der Waals surface area contributed by atoms with Gasteiger partial charge in [0.25, 0.3) is 5.91 Å². The number of hydrogen-bond donors (Lipinski definition) is 1. The molecular weight excluding hydrogens is 530 g/mol. The van der Waals surface area contributed by atoms with Crippen LogP contribution in [0.5, 0.6) is 11.5 Å². The van der Waals surface area contributed by atoms with Crippen LogP contribution in [-0.4, -0.2) is 29.2 Å². The number of hydrogen-bond acceptors (Lipinski definition) is 4. The van der Waals surface area contributed by atoms with Crippen LogP contribution in [0, 0.1) is 0 Å². The Morgan fingerprint density at radius 2 is 1.89 bits per heavy atom. The van der Waals surface area contributed by atoms with Crippen LogP contribution in [0.15, 0.2) is 83.9 Å². The molecule has 0 bridgehead atoms. The molecule has 192 valence electrons. The number of allylic oxidation sites excluding steroid dienone is 1. The molecule has 0 aliphatic rings. The number of nitrogens with zero attached hydrogens (tertiary/aromatic N) is 2. The number of methoxy groups -OCH3 is 1. The van der Waals surface area contributed by atoms with E-state index in [0.717, 1.165) is 64.2 Å². The molecule has 1 N–H and O–H groups in total. The van der Waals surface area contributed by atoms with E-state index < -0.39 is 0 Å². The van der Waals surface area contributed by atoms with Crippen LogP contribution in [0.2, 0.25) is 0 Å². The zero-order chi connectivity index (χ0) is 26.2. The van der Waals surface area contributed by atoms with E-state index >= 15 is 0 Å². The molecule has 1 aromatic heterocycles. The predicted octanol–water partition coefficient (Wildman–Crippen LogP) is 6.89. The van der Waals surface area contributed by atoms with E-state index in [1.165, 1.54) is 0 Å². The Hall–Kier alpha value is -3.58. The van der Waals surface area contributed by atoms with Crippen molar-refractivity contribution in [1.82, 2.24) is 14.9 Å². The van der Waals surface area contributed by atoms with Crippen LogP contribution in [0.1, 0.15) is 47.6 Å². The van der Waals surface area contributed by atoms with Gasteiger partial charge in [0.05, 0.1) is 30.8 Å². The number of para-hydroxylation sites is 2. The maximum Gasteiger partial charge on any atom is 0.251 e. The summed E-state index contributed by atoms with van der Waals surface area (Å²) in [4.78, 5) is 17.7. The number of aromatic nitrogens is 2. The summed E-state index contributed by atoms with van der Waals surface area (Å²) in [6.07, 6.45) is 4.43. The van der Waals surface area contributed by atoms with Gasteiger partial charge in [0.15, 0.2) is 11.5 Å². The van der Waals surface area contributed by atoms with Crippen LogP contribution >= 0.6 is 15.9 Å². The highest BCUT2D eigenvalue weighted by Gasteiger charge is 2.19. The fourth-order valence-corrected chi connectivity index (χ4v) is 4.55. The first-order valence-electron chi connectivity index (χ1n) is 12.4. The van der Waals surface area contributed by atoms with Gasteiger partial charge in [-0.1, -0.05) is 40.2 Å². The standard InChI is InChI=1S/C30H32BrN3O3/c1-4-9-22-12-17-27(28(20-22)36-3)37-19-8-7-18-34-26-11-6-5-10-25(26)33-29(34)21(2)32-30(35)23-13-15-24(31)16-14-23/h4-6,10-17,20-21H,1,7-9,18-19H2,2-3H3,(H,32,35). The number of imidazole rings is 1. The van der Waals surface area contributed by atoms with Gasteiger partial charge < -0.3 is 19.4 Å². The summed E-state index contributed by atoms with van der Waals surface area (Å²) < 4.78 is 14.7. The molecule has 3 aromatic carbocycles. The van der Waals surface area contributed by atoms with Gasteiger partial charge in [-0.15, -0.1) is 6.58 Å². The van der Waals surface area contributed by atoms with Gasteiger partial charge in [-0.25, -0.2) is 4.98 Å². The molecule has 0 fully saturated rings. The molecule has 0 aliphatic heterocycles. The number of benzene rings is 3. The van der Waals surface area contributed by atoms with Gasteiger partial charge in [0, 0.05) is 16.6 Å². The normalized spacial score (nSPS) is 11.8. The lowest BCUT2D eigenvalue weighted by Crippen LogP contribution is -2.28. The lowest BCUT2D eigenvalue weighted by Gasteiger charge is -2.17. The highest BCUT2D eigenvalue weighted by molar-refractivity contribution is 9.10. The van der Waals surface area contributed by atoms with E-state index in [4.69, 9.17) is 14.5 Å². The molecular formula is C30H32BrN3O3. The molecule has 0 aliphatic carbocycles. The number of rotatable bonds is 12. The van der Waals surface area contributed by atoms with E-state index in [9.17, 15) is 4.79 Å². The number of halogens is 1. The van der Waals surface area contributed by atoms with E-state index in [1.54, 1.807) is 19.2 Å². The minimum absolute atomic E-state index is 0.125. The first-order valence-corrected chi connectivity index (χ1v) is 13.2. The zero-order valence-electron chi connectivity index (χ0n) is 21.2. The number of nitrogens with one attached hydrogen (secondary N) is 1. The van der Waals surface area contributed by atoms with Crippen LogP contribution in [-0.2, 0) is 13.0 Å². The largest absolute Gasteiger partial charge is 0.493 e. The van der Waals surface area contributed by atoms with Crippen molar-refractivity contribution in [3.05, 3.63) is 101 Å². The summed E-state index contributed by atoms with van der Waals surface area (Å²) in [5.41, 5.74) is 3.73. The third-order valence-corrected chi connectivity index (χ3v) is 6.70. The third-order valence-electron chi connectivity index (χ3n) is 6.17. The minimum atomic E-state index is -0.252. The Labute approximate surface area is 226 Å². The number of carbonyl (C=O) groups excluding carboxylic acids is 1. The summed E-state index contributed by atoms with van der Waals surface area (Å²) >= 11 is 3.41. The van der Waals surface area contributed by atoms with Gasteiger partial charge >= 0.3 is 0 Å². The lowest BCUT2D eigenvalue weighted by atomic mass is 10.1. The van der Waals surface area contributed by atoms with Crippen LogP contribution < -0.4 is 14.8 Å². The Bertz CT molecular complexity index is 1360. The molecule has 6 nitrogen and oxygen atoms in total. The van der Waals surface area contributed by atoms with Crippen molar-refractivity contribution >= 4 is 32.9 Å². The average molecular weight is 563 g/mol. The Morgan fingerprint density at radius 3 is 2.65 bits per heavy atom. The fraction of sp³-hybridized carbons (Fsp3) is 0.267. The van der Waals surface area contributed by atoms with Crippen molar-refractivity contribution in [3.8, 4) is 11.5 Å². The molecule has 0 spiro atoms. The summed E-state index contributed by atoms with van der Waals surface area (Å²) in [7, 11) is 1.66. The maximum atomic E-state index is 12.8. The highest BCUT2D eigenvalue weighted by atomic mass is 79.9. The van der Waals surface area contributed by atoms with E-state index in [1.807, 2.05) is 61.5 Å². The second kappa shape index (κ2) is 12.6. The highest BCUT2D eigenvalue weighted by Crippen LogP contribution is 2.29. The monoisotopic (exact) mass is 561 g/mol. The van der Waals surface area contributed by atoms with Gasteiger partial charge in [-0.2, -0.15) is 0 Å². The topological polar surface area (TPSA) is 65.4 Å². The number of aryl methyl sites for hydroxylation is 1. The van der Waals surface area contributed by atoms with Gasteiger partial charge in [-0.3, -0.25) is 4.79 Å². The lowest BCUT2D eigenvalue weighted by molar-refractivity contribution is 0.0937. The molecule has 7 heteroatoms. The van der Waals surface area contributed by atoms with Crippen LogP contribution in [0.3, 0.4) is 0 Å². The molecule has 1 atom stereocenters. The molecule has 4 aromatic rings. The first kappa shape index (κ1) is 26.5. The Kier molecular flexibility index (Phi) is 9.01. The first-order chi connectivity index (χ1) is 18.0. The van der Waals surface area contributed by atoms with Crippen LogP contribution in [0.4, 0.5) is 0 Å². The van der Waals surface area contributed by atoms with Crippen molar-refractivity contribution in [2.24, 2.45) is 0 Å². The van der Waals surface area contributed by atoms with Crippen molar-refractivity contribution in [2.75, 3.05) is 13.7 Å². The summed E-state index contributed by atoms with van der Waals surface area (Å²) in [6, 6.07) is 21.1. The maximum absolute atomic E-state index is 12.8. The zero-order valence-corrected chi connectivity index (χ0v) is 22.8. The van der Waals surface area contributed by atoms with Gasteiger partial charge in [-0.05, 0) is 80.3 Å². The van der Waals surface area contributed by atoms with Crippen molar-refractivity contribution in [1.29, 1.82) is 0 Å². The van der Waals surface area contributed by atoms with E-state index in [0.29, 0.717) is 12.2 Å². The molecule has 0 radical (unpaired) electrons. The molecule has 4 rings (SSSR count). The van der Waals surface area contributed by atoms with Crippen molar-refractivity contribution in [2.45, 2.75) is 38.8 Å². The molecule has 1 amide bonds. The average Bonchev–Trinajstić information content (AvgIpc) is 3.28. The predicted molar refractivity (Wildman–Crippen MR) is 151 cm³/mol. The fourth-order valence-electron chi connectivity index (χ4n) is 4.28. The summed E-state index contributed by atoms with van der Waals surface area (Å²) in [6.45, 7) is 7.11. The molecule has 37 heavy (non-hydrogen) atoms. The number of ether oxygens (including phenoxy) is 2. The Balaban J connectivity index is 1.40. The van der Waals surface area contributed by atoms with Gasteiger partial charge in [0.2, 0.25) is 0 Å². The minimum Gasteiger partial charge on any atom is -0.493 e. The summed E-state index contributed by atoms with van der Waals surface area (Å²) in [5.74, 6) is 2.19. The molecule has 0 saturated carbocycles. The molecule has 1 unspecified atom stereocenters. The van der Waals surface area contributed by atoms with Crippen molar-refractivity contribution < 1.29 is 14.3 Å². The van der Waals surface area contributed by atoms with E-state index in [-0.39, 0.29) is 11.9 Å². The molecule has 0 saturated heterocycles. The summed E-state index contributed by atoms with van der Waals surface area (Å²) in [5, 5.41) is 3.10. The molecule has 1 heterocycles. The van der Waals surface area contributed by atoms with E-state index in [2.05, 4.69) is 38.5 Å². The second-order valence-corrected chi connectivity index (χ2v) is 9.76. The number of carbonyl (C=O) groups is 1. The van der Waals surface area contributed by atoms with Crippen molar-refractivity contribution in [3.63, 3.8) is 0 Å². The SMILES string of the molecule is C=CCc1ccc(OCCCCn2c(C(C)NC(=O)c3ccc(Br)cc3)nc3ccccc32)c(OC)c1. The van der Waals surface area contributed by atoms with Crippen LogP contribution in [0.25, 0.3) is 11.0 Å².